The van der Waals surface area contributed by atoms with Gasteiger partial charge in [0.05, 0.1) is 17.3 Å². The van der Waals surface area contributed by atoms with E-state index in [-0.39, 0.29) is 11.9 Å². The minimum Gasteiger partial charge on any atom is -0.381 e. The highest BCUT2D eigenvalue weighted by Crippen LogP contribution is 2.36. The summed E-state index contributed by atoms with van der Waals surface area (Å²) in [5.74, 6) is 0.590. The molecule has 3 aliphatic rings. The van der Waals surface area contributed by atoms with Crippen LogP contribution in [0.2, 0.25) is 0 Å². The van der Waals surface area contributed by atoms with Crippen molar-refractivity contribution in [2.45, 2.75) is 31.8 Å². The van der Waals surface area contributed by atoms with Crippen LogP contribution < -0.4 is 15.3 Å². The molecule has 0 bridgehead atoms. The molecule has 5 heterocycles. The molecule has 0 saturated carbocycles. The van der Waals surface area contributed by atoms with Gasteiger partial charge in [0.25, 0.3) is 5.69 Å². The van der Waals surface area contributed by atoms with Crippen molar-refractivity contribution in [3.63, 3.8) is 0 Å². The lowest BCUT2D eigenvalue weighted by atomic mass is 10.0. The van der Waals surface area contributed by atoms with E-state index in [1.165, 1.54) is 6.33 Å². The van der Waals surface area contributed by atoms with Gasteiger partial charge in [-0.3, -0.25) is 9.48 Å². The second kappa shape index (κ2) is 9.34. The number of carbonyl (C=O) groups excluding carboxylic acids is 1. The van der Waals surface area contributed by atoms with Gasteiger partial charge in [0.15, 0.2) is 6.33 Å². The number of fused-ring (bicyclic) bond motifs is 1. The summed E-state index contributed by atoms with van der Waals surface area (Å²) >= 11 is 0. The van der Waals surface area contributed by atoms with E-state index in [0.29, 0.717) is 11.9 Å². The second-order valence-corrected chi connectivity index (χ2v) is 9.56. The summed E-state index contributed by atoms with van der Waals surface area (Å²) < 4.78 is 9.64. The first kappa shape index (κ1) is 22.7. The molecule has 0 aliphatic carbocycles. The Bertz CT molecular complexity index is 1300. The van der Waals surface area contributed by atoms with Gasteiger partial charge in [-0.2, -0.15) is 5.10 Å². The van der Waals surface area contributed by atoms with Crippen molar-refractivity contribution in [3.05, 3.63) is 65.9 Å². The average Bonchev–Trinajstić information content (AvgIpc) is 3.55. The Morgan fingerprint density at radius 1 is 1.14 bits per heavy atom. The zero-order valence-electron chi connectivity index (χ0n) is 20.5. The van der Waals surface area contributed by atoms with Crippen LogP contribution in [0.25, 0.3) is 5.57 Å². The molecule has 3 aliphatic heterocycles. The van der Waals surface area contributed by atoms with Crippen LogP contribution in [0.4, 0.5) is 11.5 Å². The Kier molecular flexibility index (Phi) is 5.88. The molecule has 36 heavy (non-hydrogen) atoms. The van der Waals surface area contributed by atoms with Gasteiger partial charge in [-0.05, 0) is 31.0 Å². The first-order valence-electron chi connectivity index (χ1n) is 12.6. The first-order valence-corrected chi connectivity index (χ1v) is 12.6. The summed E-state index contributed by atoms with van der Waals surface area (Å²) in [5.41, 5.74) is 11.5. The molecular weight excluding hydrogens is 456 g/mol. The fourth-order valence-corrected chi connectivity index (χ4v) is 5.54. The molecule has 2 aromatic heterocycles. The number of carbonyl (C=O) groups is 1. The Morgan fingerprint density at radius 2 is 1.94 bits per heavy atom. The standard InChI is InChI=1S/C26H31N8O2/c1-18(35)31-9-11-32(12-10-31)21-4-2-3-19(15-21)24-16-22(25-26(27)28-17-30-34(24)25)23-5-8-29-33(23)20-6-13-36-14-7-20/h2-5,8,15-17,20,24H,6-7,9-14H2,1H3,(H2,27,28,30)/q+1. The molecule has 2 N–H and O–H groups in total. The Balaban J connectivity index is 1.35. The number of nitrogens with zero attached hydrogens (tertiary/aromatic N) is 7. The number of allylic oxidation sites excluding steroid dienone is 1. The van der Waals surface area contributed by atoms with Gasteiger partial charge in [0.1, 0.15) is 0 Å². The van der Waals surface area contributed by atoms with Crippen molar-refractivity contribution in [2.24, 2.45) is 0 Å². The number of amides is 1. The number of nitrogen functional groups attached to an aromatic ring is 1. The Morgan fingerprint density at radius 3 is 2.72 bits per heavy atom. The van der Waals surface area contributed by atoms with Gasteiger partial charge in [-0.1, -0.05) is 16.8 Å². The van der Waals surface area contributed by atoms with Gasteiger partial charge in [0.2, 0.25) is 17.8 Å². The highest BCUT2D eigenvalue weighted by molar-refractivity contribution is 5.81. The number of rotatable bonds is 4. The molecule has 0 spiro atoms. The van der Waals surface area contributed by atoms with Crippen LogP contribution in [0, 0.1) is 0 Å². The molecule has 0 radical (unpaired) electrons. The minimum atomic E-state index is -0.114. The molecule has 1 unspecified atom stereocenters. The van der Waals surface area contributed by atoms with Crippen molar-refractivity contribution in [2.75, 3.05) is 50.0 Å². The molecule has 1 aromatic carbocycles. The number of hydrogen-bond donors (Lipinski definition) is 1. The molecule has 6 rings (SSSR count). The predicted molar refractivity (Wildman–Crippen MR) is 134 cm³/mol. The number of piperazine rings is 1. The highest BCUT2D eigenvalue weighted by Gasteiger charge is 2.40. The van der Waals surface area contributed by atoms with Gasteiger partial charge in [-0.15, -0.1) is 0 Å². The normalized spacial score (nSPS) is 20.4. The minimum absolute atomic E-state index is 0.114. The lowest BCUT2D eigenvalue weighted by Crippen LogP contribution is -2.48. The smallest absolute Gasteiger partial charge is 0.284 e. The summed E-state index contributed by atoms with van der Waals surface area (Å²) in [7, 11) is 0. The monoisotopic (exact) mass is 487 g/mol. The molecule has 10 heteroatoms. The number of benzene rings is 1. The van der Waals surface area contributed by atoms with Crippen molar-refractivity contribution in [1.29, 1.82) is 0 Å². The second-order valence-electron chi connectivity index (χ2n) is 9.56. The average molecular weight is 488 g/mol. The lowest BCUT2D eigenvalue weighted by Gasteiger charge is -2.35. The van der Waals surface area contributed by atoms with E-state index in [0.717, 1.165) is 80.4 Å². The van der Waals surface area contributed by atoms with Gasteiger partial charge in [0, 0.05) is 74.9 Å². The maximum Gasteiger partial charge on any atom is 0.284 e. The summed E-state index contributed by atoms with van der Waals surface area (Å²) in [5, 5.41) is 9.29. The number of nitrogens with two attached hydrogens (primary N) is 1. The van der Waals surface area contributed by atoms with E-state index in [4.69, 9.17) is 10.5 Å². The first-order chi connectivity index (χ1) is 17.6. The van der Waals surface area contributed by atoms with Crippen LogP contribution in [-0.4, -0.2) is 70.1 Å². The fourth-order valence-electron chi connectivity index (χ4n) is 5.54. The quantitative estimate of drug-likeness (QED) is 0.557. The fraction of sp³-hybridized carbons (Fsp3) is 0.423. The topological polar surface area (TPSA) is 106 Å². The van der Waals surface area contributed by atoms with Crippen molar-refractivity contribution >= 4 is 23.0 Å². The van der Waals surface area contributed by atoms with E-state index >= 15 is 0 Å². The third-order valence-corrected chi connectivity index (χ3v) is 7.47. The molecule has 2 saturated heterocycles. The summed E-state index contributed by atoms with van der Waals surface area (Å²) in [4.78, 5) is 20.3. The highest BCUT2D eigenvalue weighted by atomic mass is 16.5. The molecule has 3 aromatic rings. The van der Waals surface area contributed by atoms with Crippen LogP contribution in [-0.2, 0) is 9.53 Å². The lowest BCUT2D eigenvalue weighted by molar-refractivity contribution is -0.757. The summed E-state index contributed by atoms with van der Waals surface area (Å²) in [6.07, 6.45) is 7.46. The maximum absolute atomic E-state index is 11.7. The van der Waals surface area contributed by atoms with E-state index in [2.05, 4.69) is 55.1 Å². The van der Waals surface area contributed by atoms with Gasteiger partial charge in [-0.25, -0.2) is 4.98 Å². The molecule has 2 fully saturated rings. The predicted octanol–water partition coefficient (Wildman–Crippen LogP) is 1.60. The van der Waals surface area contributed by atoms with Crippen molar-refractivity contribution in [1.82, 2.24) is 24.8 Å². The zero-order chi connectivity index (χ0) is 24.6. The third-order valence-electron chi connectivity index (χ3n) is 7.47. The SMILES string of the molecule is CC(=O)N1CCN(c2cccc(C3C=C(c4ccnn4C4CCOCC4)c4c(N)ncn[n+]43)c2)CC1. The maximum atomic E-state index is 11.7. The molecular formula is C26H31N8O2+. The number of hydrogen-bond acceptors (Lipinski definition) is 7. The van der Waals surface area contributed by atoms with E-state index in [1.54, 1.807) is 6.92 Å². The number of ether oxygens (including phenoxy) is 1. The number of aromatic nitrogens is 5. The molecule has 10 nitrogen and oxygen atoms in total. The van der Waals surface area contributed by atoms with Gasteiger partial charge >= 0.3 is 0 Å². The van der Waals surface area contributed by atoms with Crippen LogP contribution in [0.3, 0.4) is 0 Å². The molecule has 1 amide bonds. The Labute approximate surface area is 210 Å². The molecule has 1 atom stereocenters. The number of anilines is 2. The largest absolute Gasteiger partial charge is 0.381 e. The summed E-state index contributed by atoms with van der Waals surface area (Å²) in [6, 6.07) is 10.8. The van der Waals surface area contributed by atoms with Crippen LogP contribution >= 0.6 is 0 Å². The van der Waals surface area contributed by atoms with E-state index < -0.39 is 0 Å². The van der Waals surface area contributed by atoms with Crippen LogP contribution in [0.15, 0.2) is 48.9 Å². The molecule has 186 valence electrons. The van der Waals surface area contributed by atoms with Gasteiger partial charge < -0.3 is 20.3 Å². The van der Waals surface area contributed by atoms with Crippen LogP contribution in [0.5, 0.6) is 0 Å². The van der Waals surface area contributed by atoms with E-state index in [1.807, 2.05) is 21.8 Å². The van der Waals surface area contributed by atoms with E-state index in [9.17, 15) is 4.79 Å². The van der Waals surface area contributed by atoms with Crippen molar-refractivity contribution in [3.8, 4) is 0 Å². The summed E-state index contributed by atoms with van der Waals surface area (Å²) in [6.45, 7) is 6.24. The van der Waals surface area contributed by atoms with Crippen LogP contribution in [0.1, 0.15) is 48.8 Å². The zero-order valence-corrected chi connectivity index (χ0v) is 20.5. The Hall–Kier alpha value is -3.79. The van der Waals surface area contributed by atoms with Crippen molar-refractivity contribution < 1.29 is 14.2 Å². The third kappa shape index (κ3) is 4.01.